The molecule has 1 N–H and O–H groups in total. The monoisotopic (exact) mass is 291 g/mol. The molecule has 3 nitrogen and oxygen atoms in total. The van der Waals surface area contributed by atoms with Crippen LogP contribution >= 0.6 is 0 Å². The summed E-state index contributed by atoms with van der Waals surface area (Å²) in [6.45, 7) is 4.07. The van der Waals surface area contributed by atoms with Crippen LogP contribution in [-0.2, 0) is 6.42 Å². The maximum Gasteiger partial charge on any atom is 0.200 e. The molecule has 0 aliphatic carbocycles. The van der Waals surface area contributed by atoms with Crippen LogP contribution in [0.1, 0.15) is 34.0 Å². The molecule has 3 heteroatoms. The molecule has 0 saturated heterocycles. The van der Waals surface area contributed by atoms with E-state index in [1.165, 1.54) is 11.8 Å². The highest BCUT2D eigenvalue weighted by atomic mass is 16.1. The summed E-state index contributed by atoms with van der Waals surface area (Å²) in [7, 11) is 0. The number of rotatable bonds is 3. The summed E-state index contributed by atoms with van der Waals surface area (Å²) in [6, 6.07) is 12.8. The topological polar surface area (TPSA) is 49.9 Å². The Morgan fingerprint density at radius 2 is 1.91 bits per heavy atom. The van der Waals surface area contributed by atoms with Gasteiger partial charge in [0.2, 0.25) is 5.43 Å². The molecule has 3 rings (SSSR count). The Bertz CT molecular complexity index is 922. The van der Waals surface area contributed by atoms with E-state index in [1.807, 2.05) is 31.2 Å². The third-order valence-electron chi connectivity index (χ3n) is 4.02. The predicted octanol–water partition coefficient (Wildman–Crippen LogP) is 3.63. The molecule has 1 aromatic heterocycles. The van der Waals surface area contributed by atoms with Crippen LogP contribution in [0.2, 0.25) is 0 Å². The average molecular weight is 291 g/mol. The molecule has 0 aliphatic rings. The highest BCUT2D eigenvalue weighted by Crippen LogP contribution is 2.15. The Labute approximate surface area is 128 Å². The first-order chi connectivity index (χ1) is 10.6. The van der Waals surface area contributed by atoms with Gasteiger partial charge in [-0.15, -0.1) is 0 Å². The number of hydrogen-bond donors (Lipinski definition) is 1. The van der Waals surface area contributed by atoms with E-state index in [9.17, 15) is 9.59 Å². The fourth-order valence-electron chi connectivity index (χ4n) is 2.73. The first-order valence-electron chi connectivity index (χ1n) is 7.36. The lowest BCUT2D eigenvalue weighted by molar-refractivity contribution is 0.103. The van der Waals surface area contributed by atoms with Gasteiger partial charge in [-0.1, -0.05) is 31.2 Å². The van der Waals surface area contributed by atoms with Crippen LogP contribution < -0.4 is 5.43 Å². The molecule has 0 radical (unpaired) electrons. The largest absolute Gasteiger partial charge is 0.360 e. The summed E-state index contributed by atoms with van der Waals surface area (Å²) in [6.07, 6.45) is 2.44. The molecular formula is C19H17NO2. The number of pyridine rings is 1. The van der Waals surface area contributed by atoms with Crippen molar-refractivity contribution >= 4 is 16.7 Å². The van der Waals surface area contributed by atoms with Gasteiger partial charge in [-0.3, -0.25) is 9.59 Å². The minimum Gasteiger partial charge on any atom is -0.360 e. The van der Waals surface area contributed by atoms with Crippen LogP contribution in [-0.4, -0.2) is 10.8 Å². The smallest absolute Gasteiger partial charge is 0.200 e. The van der Waals surface area contributed by atoms with Gasteiger partial charge in [0.15, 0.2) is 5.78 Å². The Morgan fingerprint density at radius 1 is 1.14 bits per heavy atom. The highest BCUT2D eigenvalue weighted by molar-refractivity contribution is 6.10. The quantitative estimate of drug-likeness (QED) is 0.749. The third-order valence-corrected chi connectivity index (χ3v) is 4.02. The van der Waals surface area contributed by atoms with E-state index in [0.29, 0.717) is 10.9 Å². The normalized spacial score (nSPS) is 10.8. The lowest BCUT2D eigenvalue weighted by Gasteiger charge is -2.07. The third kappa shape index (κ3) is 2.35. The van der Waals surface area contributed by atoms with Crippen LogP contribution in [0.15, 0.2) is 53.5 Å². The van der Waals surface area contributed by atoms with Crippen molar-refractivity contribution in [2.75, 3.05) is 0 Å². The predicted molar refractivity (Wildman–Crippen MR) is 88.6 cm³/mol. The van der Waals surface area contributed by atoms with Gasteiger partial charge in [-0.25, -0.2) is 0 Å². The van der Waals surface area contributed by atoms with Gasteiger partial charge in [-0.2, -0.15) is 0 Å². The number of aryl methyl sites for hydroxylation is 2. The number of aromatic nitrogens is 1. The van der Waals surface area contributed by atoms with Crippen LogP contribution in [0.5, 0.6) is 0 Å². The van der Waals surface area contributed by atoms with E-state index >= 15 is 0 Å². The lowest BCUT2D eigenvalue weighted by atomic mass is 9.97. The molecule has 2 aromatic carbocycles. The van der Waals surface area contributed by atoms with Crippen molar-refractivity contribution in [3.63, 3.8) is 0 Å². The summed E-state index contributed by atoms with van der Waals surface area (Å²) < 4.78 is 0. The van der Waals surface area contributed by atoms with Crippen molar-refractivity contribution in [2.24, 2.45) is 0 Å². The maximum atomic E-state index is 12.6. The first-order valence-corrected chi connectivity index (χ1v) is 7.36. The zero-order valence-electron chi connectivity index (χ0n) is 12.6. The van der Waals surface area contributed by atoms with E-state index in [0.717, 1.165) is 17.5 Å². The number of H-pyrrole nitrogens is 1. The Morgan fingerprint density at radius 3 is 2.64 bits per heavy atom. The average Bonchev–Trinajstić information content (AvgIpc) is 2.55. The zero-order valence-corrected chi connectivity index (χ0v) is 12.6. The van der Waals surface area contributed by atoms with Crippen molar-refractivity contribution in [3.05, 3.63) is 81.1 Å². The number of carbonyl (C=O) groups is 1. The van der Waals surface area contributed by atoms with E-state index in [1.54, 1.807) is 18.2 Å². The highest BCUT2D eigenvalue weighted by Gasteiger charge is 2.15. The second-order valence-corrected chi connectivity index (χ2v) is 5.40. The Hall–Kier alpha value is -2.68. The number of ketones is 1. The van der Waals surface area contributed by atoms with E-state index < -0.39 is 0 Å². The number of carbonyl (C=O) groups excluding carboxylic acids is 1. The second-order valence-electron chi connectivity index (χ2n) is 5.40. The standard InChI is InChI=1S/C19H17NO2/c1-3-13-8-9-14(10-12(13)2)18(21)16-11-20-17-7-5-4-6-15(17)19(16)22/h4-11H,3H2,1-2H3,(H,20,22). The molecular weight excluding hydrogens is 274 g/mol. The van der Waals surface area contributed by atoms with E-state index in [2.05, 4.69) is 11.9 Å². The zero-order chi connectivity index (χ0) is 15.7. The molecule has 0 aliphatic heterocycles. The molecule has 0 fully saturated rings. The number of fused-ring (bicyclic) bond motifs is 1. The van der Waals surface area contributed by atoms with E-state index in [-0.39, 0.29) is 16.8 Å². The van der Waals surface area contributed by atoms with Gasteiger partial charge >= 0.3 is 0 Å². The van der Waals surface area contributed by atoms with E-state index in [4.69, 9.17) is 0 Å². The van der Waals surface area contributed by atoms with Crippen LogP contribution in [0.4, 0.5) is 0 Å². The van der Waals surface area contributed by atoms with Gasteiger partial charge in [0.05, 0.1) is 5.56 Å². The summed E-state index contributed by atoms with van der Waals surface area (Å²) in [5.41, 5.74) is 3.53. The summed E-state index contributed by atoms with van der Waals surface area (Å²) >= 11 is 0. The molecule has 0 atom stereocenters. The summed E-state index contributed by atoms with van der Waals surface area (Å²) in [4.78, 5) is 28.2. The number of nitrogens with one attached hydrogen (secondary N) is 1. The number of hydrogen-bond acceptors (Lipinski definition) is 2. The Balaban J connectivity index is 2.11. The molecule has 0 bridgehead atoms. The molecule has 22 heavy (non-hydrogen) atoms. The second kappa shape index (κ2) is 5.60. The minimum atomic E-state index is -0.238. The molecule has 0 amide bonds. The van der Waals surface area contributed by atoms with Crippen molar-refractivity contribution in [1.82, 2.24) is 4.98 Å². The van der Waals surface area contributed by atoms with Crippen LogP contribution in [0.25, 0.3) is 10.9 Å². The van der Waals surface area contributed by atoms with Crippen LogP contribution in [0.3, 0.4) is 0 Å². The van der Waals surface area contributed by atoms with Crippen LogP contribution in [0, 0.1) is 6.92 Å². The minimum absolute atomic E-state index is 0.183. The van der Waals surface area contributed by atoms with Gasteiger partial charge in [0.1, 0.15) is 0 Å². The van der Waals surface area contributed by atoms with Crippen molar-refractivity contribution < 1.29 is 4.79 Å². The fraction of sp³-hybridized carbons (Fsp3) is 0.158. The molecule has 0 saturated carbocycles. The van der Waals surface area contributed by atoms with Crippen molar-refractivity contribution in [3.8, 4) is 0 Å². The van der Waals surface area contributed by atoms with Gasteiger partial charge in [-0.05, 0) is 42.7 Å². The molecule has 0 unspecified atom stereocenters. The Kier molecular flexibility index (Phi) is 3.63. The number of aromatic amines is 1. The van der Waals surface area contributed by atoms with Gasteiger partial charge in [0, 0.05) is 22.7 Å². The van der Waals surface area contributed by atoms with Crippen molar-refractivity contribution in [2.45, 2.75) is 20.3 Å². The SMILES string of the molecule is CCc1ccc(C(=O)c2c[nH]c3ccccc3c2=O)cc1C. The molecule has 0 spiro atoms. The number of benzene rings is 2. The van der Waals surface area contributed by atoms with Gasteiger partial charge in [0.25, 0.3) is 0 Å². The lowest BCUT2D eigenvalue weighted by Crippen LogP contribution is -2.16. The summed E-state index contributed by atoms with van der Waals surface area (Å²) in [5, 5.41) is 0.537. The first kappa shape index (κ1) is 14.3. The fourth-order valence-corrected chi connectivity index (χ4v) is 2.73. The maximum absolute atomic E-state index is 12.6. The number of para-hydroxylation sites is 1. The summed E-state index contributed by atoms with van der Waals surface area (Å²) in [5.74, 6) is -0.238. The molecule has 1 heterocycles. The molecule has 110 valence electrons. The van der Waals surface area contributed by atoms with Crippen molar-refractivity contribution in [1.29, 1.82) is 0 Å². The van der Waals surface area contributed by atoms with Gasteiger partial charge < -0.3 is 4.98 Å². The molecule has 3 aromatic rings.